The molecule has 0 aliphatic carbocycles. The second kappa shape index (κ2) is 4.18. The van der Waals surface area contributed by atoms with Crippen LogP contribution >= 0.6 is 12.4 Å². The SMILES string of the molecule is Cl.Nc1ccnc(B(O)O)c1. The molecule has 0 bridgehead atoms. The predicted molar refractivity (Wildman–Crippen MR) is 45.7 cm³/mol. The summed E-state index contributed by atoms with van der Waals surface area (Å²) in [6, 6.07) is 2.98. The molecule has 6 heteroatoms. The van der Waals surface area contributed by atoms with Crippen molar-refractivity contribution >= 4 is 30.8 Å². The first-order chi connectivity index (χ1) is 4.70. The van der Waals surface area contributed by atoms with Crippen LogP contribution in [0.15, 0.2) is 18.3 Å². The maximum Gasteiger partial charge on any atom is 0.508 e. The minimum absolute atomic E-state index is 0. The highest BCUT2D eigenvalue weighted by molar-refractivity contribution is 6.57. The van der Waals surface area contributed by atoms with Gasteiger partial charge in [-0.05, 0) is 12.1 Å². The molecule has 4 N–H and O–H groups in total. The number of hydrogen-bond donors (Lipinski definition) is 3. The van der Waals surface area contributed by atoms with E-state index in [2.05, 4.69) is 4.98 Å². The van der Waals surface area contributed by atoms with Gasteiger partial charge in [0, 0.05) is 11.9 Å². The number of nitrogens with zero attached hydrogens (tertiary/aromatic N) is 1. The number of nitrogens with two attached hydrogens (primary N) is 1. The Bertz CT molecular complexity index is 233. The molecule has 1 heterocycles. The quantitative estimate of drug-likeness (QED) is 0.466. The van der Waals surface area contributed by atoms with E-state index in [1.54, 1.807) is 6.07 Å². The highest BCUT2D eigenvalue weighted by atomic mass is 35.5. The van der Waals surface area contributed by atoms with Crippen LogP contribution in [0.3, 0.4) is 0 Å². The summed E-state index contributed by atoms with van der Waals surface area (Å²) >= 11 is 0. The molecule has 0 radical (unpaired) electrons. The van der Waals surface area contributed by atoms with Crippen LogP contribution in [0.2, 0.25) is 0 Å². The summed E-state index contributed by atoms with van der Waals surface area (Å²) < 4.78 is 0. The third-order valence-electron chi connectivity index (χ3n) is 1.07. The molecule has 4 nitrogen and oxygen atoms in total. The molecule has 0 amide bonds. The number of hydrogen-bond acceptors (Lipinski definition) is 4. The maximum absolute atomic E-state index is 8.59. The van der Waals surface area contributed by atoms with E-state index < -0.39 is 7.12 Å². The molecule has 0 aliphatic heterocycles. The maximum atomic E-state index is 8.59. The zero-order valence-corrected chi connectivity index (χ0v) is 6.45. The summed E-state index contributed by atoms with van der Waals surface area (Å²) in [4.78, 5) is 3.66. The Kier molecular flexibility index (Phi) is 3.88. The van der Waals surface area contributed by atoms with Gasteiger partial charge >= 0.3 is 7.12 Å². The van der Waals surface area contributed by atoms with Gasteiger partial charge in [0.15, 0.2) is 0 Å². The summed E-state index contributed by atoms with van der Waals surface area (Å²) in [7, 11) is -1.54. The molecule has 0 saturated carbocycles. The molecule has 0 atom stereocenters. The molecular formula is C5H8BClN2O2. The zero-order valence-electron chi connectivity index (χ0n) is 5.64. The Morgan fingerprint density at radius 2 is 2.09 bits per heavy atom. The first-order valence-corrected chi connectivity index (χ1v) is 2.77. The zero-order chi connectivity index (χ0) is 7.56. The average molecular weight is 174 g/mol. The summed E-state index contributed by atoms with van der Waals surface area (Å²) in [6.07, 6.45) is 1.42. The number of nitrogen functional groups attached to an aromatic ring is 1. The van der Waals surface area contributed by atoms with E-state index in [-0.39, 0.29) is 18.0 Å². The van der Waals surface area contributed by atoms with Crippen molar-refractivity contribution in [1.82, 2.24) is 4.98 Å². The largest absolute Gasteiger partial charge is 0.508 e. The smallest absolute Gasteiger partial charge is 0.422 e. The standard InChI is InChI=1S/C5H7BN2O2.ClH/c7-4-1-2-8-5(3-4)6(9)10;/h1-3,9-10H,(H2,7,8);1H. The molecule has 60 valence electrons. The van der Waals surface area contributed by atoms with Crippen molar-refractivity contribution in [3.05, 3.63) is 18.3 Å². The third-order valence-corrected chi connectivity index (χ3v) is 1.07. The normalized spacial score (nSPS) is 8.55. The van der Waals surface area contributed by atoms with Crippen LogP contribution in [0.25, 0.3) is 0 Å². The second-order valence-electron chi connectivity index (χ2n) is 1.89. The highest BCUT2D eigenvalue weighted by Crippen LogP contribution is 1.93. The van der Waals surface area contributed by atoms with Crippen molar-refractivity contribution < 1.29 is 10.0 Å². The minimum Gasteiger partial charge on any atom is -0.422 e. The lowest BCUT2D eigenvalue weighted by Crippen LogP contribution is -2.32. The number of rotatable bonds is 1. The fourth-order valence-corrected chi connectivity index (χ4v) is 0.607. The van der Waals surface area contributed by atoms with E-state index in [4.69, 9.17) is 15.8 Å². The third kappa shape index (κ3) is 2.75. The first kappa shape index (κ1) is 10.2. The van der Waals surface area contributed by atoms with Crippen LogP contribution in [0, 0.1) is 0 Å². The van der Waals surface area contributed by atoms with E-state index in [1.165, 1.54) is 12.3 Å². The van der Waals surface area contributed by atoms with Crippen LogP contribution in [-0.4, -0.2) is 22.2 Å². The van der Waals surface area contributed by atoms with Gasteiger partial charge in [0.05, 0.1) is 5.59 Å². The number of anilines is 1. The molecular weight excluding hydrogens is 166 g/mol. The molecule has 1 aromatic rings. The second-order valence-corrected chi connectivity index (χ2v) is 1.89. The van der Waals surface area contributed by atoms with Gasteiger partial charge in [0.2, 0.25) is 0 Å². The Hall–Kier alpha value is -0.775. The number of aromatic nitrogens is 1. The van der Waals surface area contributed by atoms with Crippen molar-refractivity contribution in [3.8, 4) is 0 Å². The van der Waals surface area contributed by atoms with E-state index >= 15 is 0 Å². The summed E-state index contributed by atoms with van der Waals surface area (Å²) in [5.41, 5.74) is 5.97. The molecule has 0 aliphatic rings. The molecule has 0 unspecified atom stereocenters. The Morgan fingerprint density at radius 3 is 2.45 bits per heavy atom. The van der Waals surface area contributed by atoms with E-state index in [0.29, 0.717) is 5.69 Å². The van der Waals surface area contributed by atoms with Gasteiger partial charge < -0.3 is 15.8 Å². The molecule has 0 fully saturated rings. The van der Waals surface area contributed by atoms with Crippen molar-refractivity contribution in [2.45, 2.75) is 0 Å². The van der Waals surface area contributed by atoms with Gasteiger partial charge in [-0.25, -0.2) is 0 Å². The molecule has 1 rings (SSSR count). The summed E-state index contributed by atoms with van der Waals surface area (Å²) in [5.74, 6) is 0. The van der Waals surface area contributed by atoms with E-state index in [0.717, 1.165) is 0 Å². The first-order valence-electron chi connectivity index (χ1n) is 2.77. The fourth-order valence-electron chi connectivity index (χ4n) is 0.607. The minimum atomic E-state index is -1.54. The van der Waals surface area contributed by atoms with Gasteiger partial charge in [0.1, 0.15) is 0 Å². The van der Waals surface area contributed by atoms with Crippen LogP contribution in [0.1, 0.15) is 0 Å². The van der Waals surface area contributed by atoms with Gasteiger partial charge in [-0.15, -0.1) is 12.4 Å². The predicted octanol–water partition coefficient (Wildman–Crippen LogP) is -1.23. The molecule has 1 aromatic heterocycles. The lowest BCUT2D eigenvalue weighted by Gasteiger charge is -1.97. The van der Waals surface area contributed by atoms with E-state index in [1.807, 2.05) is 0 Å². The number of halogens is 1. The molecule has 11 heavy (non-hydrogen) atoms. The van der Waals surface area contributed by atoms with Gasteiger partial charge in [-0.3, -0.25) is 4.98 Å². The van der Waals surface area contributed by atoms with E-state index in [9.17, 15) is 0 Å². The monoisotopic (exact) mass is 174 g/mol. The van der Waals surface area contributed by atoms with Crippen LogP contribution in [-0.2, 0) is 0 Å². The average Bonchev–Trinajstić information content (AvgIpc) is 1.88. The Balaban J connectivity index is 0.000001000. The van der Waals surface area contributed by atoms with Crippen LogP contribution in [0.4, 0.5) is 5.69 Å². The van der Waals surface area contributed by atoms with Gasteiger partial charge in [-0.2, -0.15) is 0 Å². The summed E-state index contributed by atoms with van der Waals surface area (Å²) in [5, 5.41) is 17.2. The lowest BCUT2D eigenvalue weighted by atomic mass is 9.85. The summed E-state index contributed by atoms with van der Waals surface area (Å²) in [6.45, 7) is 0. The molecule has 0 saturated heterocycles. The van der Waals surface area contributed by atoms with Gasteiger partial charge in [0.25, 0.3) is 0 Å². The highest BCUT2D eigenvalue weighted by Gasteiger charge is 2.11. The Labute approximate surface area is 70.6 Å². The molecule has 0 aromatic carbocycles. The van der Waals surface area contributed by atoms with Crippen molar-refractivity contribution in [2.75, 3.05) is 5.73 Å². The molecule has 0 spiro atoms. The van der Waals surface area contributed by atoms with Crippen molar-refractivity contribution in [1.29, 1.82) is 0 Å². The van der Waals surface area contributed by atoms with Crippen molar-refractivity contribution in [2.24, 2.45) is 0 Å². The van der Waals surface area contributed by atoms with Gasteiger partial charge in [-0.1, -0.05) is 0 Å². The lowest BCUT2D eigenvalue weighted by molar-refractivity contribution is 0.424. The topological polar surface area (TPSA) is 79.4 Å². The number of pyridine rings is 1. The Morgan fingerprint density at radius 1 is 1.45 bits per heavy atom. The van der Waals surface area contributed by atoms with Crippen molar-refractivity contribution in [3.63, 3.8) is 0 Å². The van der Waals surface area contributed by atoms with Crippen LogP contribution in [0.5, 0.6) is 0 Å². The fraction of sp³-hybridized carbons (Fsp3) is 0. The van der Waals surface area contributed by atoms with Crippen LogP contribution < -0.4 is 11.3 Å².